The van der Waals surface area contributed by atoms with Crippen LogP contribution in [0.3, 0.4) is 0 Å². The Morgan fingerprint density at radius 2 is 2.15 bits per heavy atom. The van der Waals surface area contributed by atoms with Crippen molar-refractivity contribution in [1.82, 2.24) is 25.6 Å². The second-order valence-electron chi connectivity index (χ2n) is 4.76. The van der Waals surface area contributed by atoms with Crippen LogP contribution in [0, 0.1) is 10.1 Å². The number of hydrogen-bond acceptors (Lipinski definition) is 9. The highest BCUT2D eigenvalue weighted by molar-refractivity contribution is 7.16. The number of nitrogens with one attached hydrogen (secondary N) is 1. The number of aromatic nitrogens is 4. The van der Waals surface area contributed by atoms with Gasteiger partial charge in [0.2, 0.25) is 0 Å². The summed E-state index contributed by atoms with van der Waals surface area (Å²) >= 11 is 0.956. The number of thiophene rings is 1. The van der Waals surface area contributed by atoms with Crippen molar-refractivity contribution in [3.05, 3.63) is 57.7 Å². The Morgan fingerprint density at radius 3 is 2.81 bits per heavy atom. The van der Waals surface area contributed by atoms with E-state index in [1.165, 1.54) is 23.3 Å². The van der Waals surface area contributed by atoms with Crippen molar-refractivity contribution in [3.63, 3.8) is 0 Å². The monoisotopic (exact) mass is 373 g/mol. The summed E-state index contributed by atoms with van der Waals surface area (Å²) in [5, 5.41) is 25.2. The summed E-state index contributed by atoms with van der Waals surface area (Å²) in [7, 11) is 0. The molecule has 1 N–H and O–H groups in total. The minimum Gasteiger partial charge on any atom is -0.484 e. The number of carbonyl (C=O) groups is 1. The number of nitrogens with zero attached hydrogens (tertiary/aromatic N) is 6. The summed E-state index contributed by atoms with van der Waals surface area (Å²) in [5.74, 6) is 0.0340. The number of hydrazone groups is 1. The molecule has 1 amide bonds. The average Bonchev–Trinajstić information content (AvgIpc) is 3.32. The second kappa shape index (κ2) is 7.94. The maximum Gasteiger partial charge on any atom is 0.324 e. The first-order chi connectivity index (χ1) is 12.6. The first kappa shape index (κ1) is 17.2. The fraction of sp³-hybridized carbons (Fsp3) is 0.0714. The van der Waals surface area contributed by atoms with Gasteiger partial charge in [0, 0.05) is 6.07 Å². The topological polar surface area (TPSA) is 137 Å². The first-order valence-corrected chi connectivity index (χ1v) is 7.96. The Hall–Kier alpha value is -3.67. The second-order valence-corrected chi connectivity index (χ2v) is 5.86. The SMILES string of the molecule is O=C(COc1ccc(-n2cnnn2)cc1)N/N=C\c1ccc([N+](=O)[O-])s1. The van der Waals surface area contributed by atoms with Crippen LogP contribution in [-0.4, -0.2) is 43.9 Å². The molecule has 0 aliphatic heterocycles. The van der Waals surface area contributed by atoms with Gasteiger partial charge < -0.3 is 4.74 Å². The molecule has 12 heteroatoms. The molecule has 2 aromatic heterocycles. The molecular formula is C14H11N7O4S. The maximum atomic E-state index is 11.7. The number of nitro groups is 1. The Morgan fingerprint density at radius 1 is 1.35 bits per heavy atom. The molecule has 0 atom stereocenters. The average molecular weight is 373 g/mol. The maximum absolute atomic E-state index is 11.7. The third-order valence-electron chi connectivity index (χ3n) is 2.99. The molecule has 1 aromatic carbocycles. The van der Waals surface area contributed by atoms with Crippen LogP contribution >= 0.6 is 11.3 Å². The van der Waals surface area contributed by atoms with E-state index >= 15 is 0 Å². The molecule has 0 radical (unpaired) electrons. The summed E-state index contributed by atoms with van der Waals surface area (Å²) in [6.07, 6.45) is 2.79. The number of carbonyl (C=O) groups excluding carboxylic acids is 1. The highest BCUT2D eigenvalue weighted by Gasteiger charge is 2.08. The zero-order chi connectivity index (χ0) is 18.4. The van der Waals surface area contributed by atoms with E-state index in [9.17, 15) is 14.9 Å². The van der Waals surface area contributed by atoms with Gasteiger partial charge in [0.25, 0.3) is 5.91 Å². The first-order valence-electron chi connectivity index (χ1n) is 7.14. The van der Waals surface area contributed by atoms with Crippen molar-refractivity contribution >= 4 is 28.5 Å². The van der Waals surface area contributed by atoms with Gasteiger partial charge in [-0.2, -0.15) is 5.10 Å². The summed E-state index contributed by atoms with van der Waals surface area (Å²) in [4.78, 5) is 22.3. The predicted octanol–water partition coefficient (Wildman–Crippen LogP) is 1.16. The number of rotatable bonds is 7. The third kappa shape index (κ3) is 4.45. The normalized spacial score (nSPS) is 10.8. The van der Waals surface area contributed by atoms with Crippen LogP contribution in [0.15, 0.2) is 47.8 Å². The van der Waals surface area contributed by atoms with E-state index in [2.05, 4.69) is 26.1 Å². The fourth-order valence-electron chi connectivity index (χ4n) is 1.83. The molecular weight excluding hydrogens is 362 g/mol. The number of hydrogen-bond donors (Lipinski definition) is 1. The van der Waals surface area contributed by atoms with Gasteiger partial charge in [-0.25, -0.2) is 10.1 Å². The summed E-state index contributed by atoms with van der Waals surface area (Å²) < 4.78 is 6.83. The summed E-state index contributed by atoms with van der Waals surface area (Å²) in [5.41, 5.74) is 3.04. The smallest absolute Gasteiger partial charge is 0.324 e. The van der Waals surface area contributed by atoms with Crippen molar-refractivity contribution in [2.45, 2.75) is 0 Å². The largest absolute Gasteiger partial charge is 0.484 e. The lowest BCUT2D eigenvalue weighted by atomic mass is 10.3. The molecule has 3 rings (SSSR count). The van der Waals surface area contributed by atoms with Crippen molar-refractivity contribution in [1.29, 1.82) is 0 Å². The predicted molar refractivity (Wildman–Crippen MR) is 91.4 cm³/mol. The molecule has 0 unspecified atom stereocenters. The molecule has 0 saturated heterocycles. The third-order valence-corrected chi connectivity index (χ3v) is 3.97. The lowest BCUT2D eigenvalue weighted by Gasteiger charge is -2.05. The van der Waals surface area contributed by atoms with Crippen LogP contribution in [0.25, 0.3) is 5.69 Å². The van der Waals surface area contributed by atoms with Gasteiger partial charge in [-0.1, -0.05) is 11.3 Å². The molecule has 0 spiro atoms. The van der Waals surface area contributed by atoms with Crippen LogP contribution < -0.4 is 10.2 Å². The number of tetrazole rings is 1. The van der Waals surface area contributed by atoms with Gasteiger partial charge in [0.15, 0.2) is 6.61 Å². The molecule has 11 nitrogen and oxygen atoms in total. The zero-order valence-electron chi connectivity index (χ0n) is 13.1. The van der Waals surface area contributed by atoms with E-state index in [1.54, 1.807) is 30.3 Å². The lowest BCUT2D eigenvalue weighted by Crippen LogP contribution is -2.24. The highest BCUT2D eigenvalue weighted by atomic mass is 32.1. The van der Waals surface area contributed by atoms with Crippen LogP contribution in [-0.2, 0) is 4.79 Å². The van der Waals surface area contributed by atoms with Crippen molar-refractivity contribution in [3.8, 4) is 11.4 Å². The van der Waals surface area contributed by atoms with Crippen LogP contribution in [0.2, 0.25) is 0 Å². The van der Waals surface area contributed by atoms with Gasteiger partial charge in [-0.3, -0.25) is 14.9 Å². The van der Waals surface area contributed by atoms with E-state index < -0.39 is 10.8 Å². The molecule has 0 fully saturated rings. The Labute approximate surface area is 150 Å². The van der Waals surface area contributed by atoms with Crippen molar-refractivity contribution < 1.29 is 14.5 Å². The summed E-state index contributed by atoms with van der Waals surface area (Å²) in [6, 6.07) is 9.75. The van der Waals surface area contributed by atoms with Crippen molar-refractivity contribution in [2.24, 2.45) is 5.10 Å². The Bertz CT molecular complexity index is 921. The molecule has 0 aliphatic carbocycles. The van der Waals surface area contributed by atoms with E-state index in [0.717, 1.165) is 17.0 Å². The molecule has 0 saturated carbocycles. The summed E-state index contributed by atoms with van der Waals surface area (Å²) in [6.45, 7) is -0.230. The van der Waals surface area contributed by atoms with E-state index in [0.29, 0.717) is 10.6 Å². The standard InChI is InChI=1S/C14H11N7O4S/c22-13(17-15-7-12-5-6-14(26-12)21(23)24)8-25-11-3-1-10(2-4-11)20-9-16-18-19-20/h1-7,9H,8H2,(H,17,22)/b15-7-. The molecule has 26 heavy (non-hydrogen) atoms. The molecule has 0 aliphatic rings. The molecule has 0 bridgehead atoms. The molecule has 132 valence electrons. The fourth-order valence-corrected chi connectivity index (χ4v) is 2.53. The molecule has 3 aromatic rings. The van der Waals surface area contributed by atoms with E-state index in [-0.39, 0.29) is 11.6 Å². The van der Waals surface area contributed by atoms with E-state index in [1.807, 2.05) is 0 Å². The number of ether oxygens (including phenoxy) is 1. The quantitative estimate of drug-likeness (QED) is 0.372. The minimum atomic E-state index is -0.487. The van der Waals surface area contributed by atoms with Gasteiger partial charge >= 0.3 is 5.00 Å². The lowest BCUT2D eigenvalue weighted by molar-refractivity contribution is -0.380. The van der Waals surface area contributed by atoms with E-state index in [4.69, 9.17) is 4.74 Å². The molecule has 2 heterocycles. The highest BCUT2D eigenvalue weighted by Crippen LogP contribution is 2.22. The Kier molecular flexibility index (Phi) is 5.24. The zero-order valence-corrected chi connectivity index (χ0v) is 13.9. The Balaban J connectivity index is 1.46. The number of benzene rings is 1. The van der Waals surface area contributed by atoms with Crippen LogP contribution in [0.1, 0.15) is 4.88 Å². The van der Waals surface area contributed by atoms with Gasteiger partial charge in [-0.15, -0.1) is 5.10 Å². The van der Waals surface area contributed by atoms with Crippen molar-refractivity contribution in [2.75, 3.05) is 6.61 Å². The number of amides is 1. The minimum absolute atomic E-state index is 0.00577. The van der Waals surface area contributed by atoms with Crippen LogP contribution in [0.5, 0.6) is 5.75 Å². The van der Waals surface area contributed by atoms with Crippen LogP contribution in [0.4, 0.5) is 5.00 Å². The van der Waals surface area contributed by atoms with Gasteiger partial charge in [-0.05, 0) is 40.8 Å². The van der Waals surface area contributed by atoms with Gasteiger partial charge in [0.1, 0.15) is 12.1 Å². The van der Waals surface area contributed by atoms with Gasteiger partial charge in [0.05, 0.1) is 21.7 Å².